The number of piperidine rings is 1. The van der Waals surface area contributed by atoms with E-state index in [4.69, 9.17) is 11.6 Å². The maximum Gasteiger partial charge on any atom is 0.237 e. The quantitative estimate of drug-likeness (QED) is 0.811. The molecule has 1 aliphatic rings. The molecule has 0 aliphatic carbocycles. The number of halogens is 1. The second-order valence-electron chi connectivity index (χ2n) is 6.79. The van der Waals surface area contributed by atoms with Crippen molar-refractivity contribution >= 4 is 28.4 Å². The van der Waals surface area contributed by atoms with Crippen molar-refractivity contribution in [3.63, 3.8) is 0 Å². The van der Waals surface area contributed by atoms with E-state index in [1.165, 1.54) is 23.0 Å². The molecule has 1 fully saturated rings. The first kappa shape index (κ1) is 16.4. The number of benzene rings is 1. The summed E-state index contributed by atoms with van der Waals surface area (Å²) in [6.45, 7) is 3.97. The predicted molar refractivity (Wildman–Crippen MR) is 95.9 cm³/mol. The normalized spacial score (nSPS) is 21.7. The zero-order valence-electron chi connectivity index (χ0n) is 13.8. The number of aromatic nitrogens is 1. The fraction of sp³-hybridized carbons (Fsp3) is 0.526. The lowest BCUT2D eigenvalue weighted by Crippen LogP contribution is -2.46. The monoisotopic (exact) mass is 332 g/mol. The summed E-state index contributed by atoms with van der Waals surface area (Å²) in [5.74, 6) is 0.178. The van der Waals surface area contributed by atoms with Gasteiger partial charge in [0.2, 0.25) is 5.91 Å². The lowest BCUT2D eigenvalue weighted by atomic mass is 9.74. The van der Waals surface area contributed by atoms with Gasteiger partial charge in [-0.15, -0.1) is 11.6 Å². The van der Waals surface area contributed by atoms with Crippen LogP contribution in [0.25, 0.3) is 10.9 Å². The standard InChI is InChI=1S/C19H25ClN2O/c1-2-19(9-5-11-22(14-19)18(23)13-20)10-8-16-12-15-6-3-4-7-17(15)21-16/h3-4,6-7,12,21H,2,5,8-11,13-14H2,1H3. The minimum absolute atomic E-state index is 0.0785. The van der Waals surface area contributed by atoms with Gasteiger partial charge < -0.3 is 9.88 Å². The molecule has 1 aliphatic heterocycles. The summed E-state index contributed by atoms with van der Waals surface area (Å²) < 4.78 is 0. The number of alkyl halides is 1. The first-order valence-electron chi connectivity index (χ1n) is 8.56. The van der Waals surface area contributed by atoms with Gasteiger partial charge in [-0.1, -0.05) is 25.1 Å². The highest BCUT2D eigenvalue weighted by atomic mass is 35.5. The Morgan fingerprint density at radius 3 is 2.96 bits per heavy atom. The van der Waals surface area contributed by atoms with Gasteiger partial charge in [0.25, 0.3) is 0 Å². The predicted octanol–water partition coefficient (Wildman–Crippen LogP) is 4.36. The number of rotatable bonds is 5. The third-order valence-electron chi connectivity index (χ3n) is 5.39. The molecule has 3 nitrogen and oxygen atoms in total. The van der Waals surface area contributed by atoms with Crippen molar-refractivity contribution in [1.82, 2.24) is 9.88 Å². The highest BCUT2D eigenvalue weighted by Crippen LogP contribution is 2.38. The van der Waals surface area contributed by atoms with Crippen LogP contribution in [0.5, 0.6) is 0 Å². The fourth-order valence-corrected chi connectivity index (χ4v) is 4.01. The molecule has 2 aromatic rings. The van der Waals surface area contributed by atoms with Crippen LogP contribution in [0.2, 0.25) is 0 Å². The second-order valence-corrected chi connectivity index (χ2v) is 7.06. The number of fused-ring (bicyclic) bond motifs is 1. The minimum atomic E-state index is 0.0785. The molecule has 4 heteroatoms. The lowest BCUT2D eigenvalue weighted by molar-refractivity contribution is -0.132. The van der Waals surface area contributed by atoms with Gasteiger partial charge in [0.1, 0.15) is 5.88 Å². The lowest BCUT2D eigenvalue weighted by Gasteiger charge is -2.42. The van der Waals surface area contributed by atoms with Crippen LogP contribution in [0.1, 0.15) is 38.3 Å². The maximum absolute atomic E-state index is 12.0. The summed E-state index contributed by atoms with van der Waals surface area (Å²) in [6.07, 6.45) is 5.55. The van der Waals surface area contributed by atoms with Crippen LogP contribution in [-0.4, -0.2) is 34.8 Å². The van der Waals surface area contributed by atoms with Crippen LogP contribution in [0.15, 0.2) is 30.3 Å². The fourth-order valence-electron chi connectivity index (χ4n) is 3.84. The van der Waals surface area contributed by atoms with E-state index in [2.05, 4.69) is 42.2 Å². The van der Waals surface area contributed by atoms with Crippen molar-refractivity contribution in [1.29, 1.82) is 0 Å². The van der Waals surface area contributed by atoms with E-state index in [-0.39, 0.29) is 17.2 Å². The number of carbonyl (C=O) groups excluding carboxylic acids is 1. The van der Waals surface area contributed by atoms with Gasteiger partial charge in [0.05, 0.1) is 0 Å². The number of hydrogen-bond donors (Lipinski definition) is 1. The minimum Gasteiger partial charge on any atom is -0.358 e. The van der Waals surface area contributed by atoms with Crippen molar-refractivity contribution < 1.29 is 4.79 Å². The smallest absolute Gasteiger partial charge is 0.237 e. The van der Waals surface area contributed by atoms with Crippen molar-refractivity contribution in [2.45, 2.75) is 39.0 Å². The number of aromatic amines is 1. The molecule has 1 unspecified atom stereocenters. The van der Waals surface area contributed by atoms with E-state index < -0.39 is 0 Å². The van der Waals surface area contributed by atoms with Crippen molar-refractivity contribution in [3.05, 3.63) is 36.0 Å². The number of hydrogen-bond acceptors (Lipinski definition) is 1. The number of nitrogens with one attached hydrogen (secondary N) is 1. The molecule has 1 aromatic carbocycles. The summed E-state index contributed by atoms with van der Waals surface area (Å²) in [5.41, 5.74) is 2.73. The highest BCUT2D eigenvalue weighted by molar-refractivity contribution is 6.27. The second kappa shape index (κ2) is 6.96. The van der Waals surface area contributed by atoms with Crippen molar-refractivity contribution in [2.24, 2.45) is 5.41 Å². The SMILES string of the molecule is CCC1(CCc2cc3ccccc3[nH]2)CCCN(C(=O)CCl)C1. The van der Waals surface area contributed by atoms with E-state index in [1.807, 2.05) is 4.90 Å². The Bertz CT molecular complexity index is 648. The Morgan fingerprint density at radius 1 is 1.39 bits per heavy atom. The van der Waals surface area contributed by atoms with E-state index in [0.29, 0.717) is 0 Å². The van der Waals surface area contributed by atoms with E-state index >= 15 is 0 Å². The molecule has 1 amide bonds. The molecule has 1 saturated heterocycles. The van der Waals surface area contributed by atoms with E-state index in [9.17, 15) is 4.79 Å². The first-order valence-corrected chi connectivity index (χ1v) is 9.10. The number of para-hydroxylation sites is 1. The Balaban J connectivity index is 1.69. The number of carbonyl (C=O) groups is 1. The van der Waals surface area contributed by atoms with E-state index in [0.717, 1.165) is 38.8 Å². The number of aryl methyl sites for hydroxylation is 1. The number of H-pyrrole nitrogens is 1. The molecule has 0 spiro atoms. The van der Waals surface area contributed by atoms with Gasteiger partial charge in [-0.3, -0.25) is 4.79 Å². The molecule has 0 saturated carbocycles. The Morgan fingerprint density at radius 2 is 2.22 bits per heavy atom. The molecule has 3 rings (SSSR count). The average molecular weight is 333 g/mol. The number of nitrogens with zero attached hydrogens (tertiary/aromatic N) is 1. The average Bonchev–Trinajstić information content (AvgIpc) is 3.02. The van der Waals surface area contributed by atoms with Crippen LogP contribution < -0.4 is 0 Å². The Labute approximate surface area is 143 Å². The van der Waals surface area contributed by atoms with Gasteiger partial charge in [-0.05, 0) is 55.0 Å². The van der Waals surface area contributed by atoms with Crippen LogP contribution in [-0.2, 0) is 11.2 Å². The van der Waals surface area contributed by atoms with Crippen LogP contribution in [0, 0.1) is 5.41 Å². The summed E-state index contributed by atoms with van der Waals surface area (Å²) >= 11 is 5.74. The molecule has 0 radical (unpaired) electrons. The topological polar surface area (TPSA) is 36.1 Å². The Kier molecular flexibility index (Phi) is 4.96. The zero-order valence-corrected chi connectivity index (χ0v) is 14.5. The molecule has 2 heterocycles. The summed E-state index contributed by atoms with van der Waals surface area (Å²) in [5, 5.41) is 1.27. The highest BCUT2D eigenvalue weighted by Gasteiger charge is 2.35. The number of likely N-dealkylation sites (tertiary alicyclic amines) is 1. The van der Waals surface area contributed by atoms with Gasteiger partial charge in [0.15, 0.2) is 0 Å². The third-order valence-corrected chi connectivity index (χ3v) is 5.62. The van der Waals surface area contributed by atoms with Crippen LogP contribution in [0.3, 0.4) is 0 Å². The first-order chi connectivity index (χ1) is 11.2. The van der Waals surface area contributed by atoms with E-state index in [1.54, 1.807) is 0 Å². The molecular weight excluding hydrogens is 308 g/mol. The largest absolute Gasteiger partial charge is 0.358 e. The van der Waals surface area contributed by atoms with Crippen molar-refractivity contribution in [2.75, 3.05) is 19.0 Å². The summed E-state index contributed by atoms with van der Waals surface area (Å²) in [6, 6.07) is 10.7. The van der Waals surface area contributed by atoms with Gasteiger partial charge in [-0.25, -0.2) is 0 Å². The molecule has 0 bridgehead atoms. The molecule has 1 N–H and O–H groups in total. The van der Waals surface area contributed by atoms with Gasteiger partial charge in [0, 0.05) is 24.3 Å². The Hall–Kier alpha value is -1.48. The molecule has 23 heavy (non-hydrogen) atoms. The van der Waals surface area contributed by atoms with Crippen LogP contribution >= 0.6 is 11.6 Å². The van der Waals surface area contributed by atoms with Gasteiger partial charge in [-0.2, -0.15) is 0 Å². The zero-order chi connectivity index (χ0) is 16.3. The maximum atomic E-state index is 12.0. The van der Waals surface area contributed by atoms with Crippen molar-refractivity contribution in [3.8, 4) is 0 Å². The molecule has 1 atom stereocenters. The summed E-state index contributed by atoms with van der Waals surface area (Å²) in [7, 11) is 0. The summed E-state index contributed by atoms with van der Waals surface area (Å²) in [4.78, 5) is 17.4. The molecule has 124 valence electrons. The molecular formula is C19H25ClN2O. The van der Waals surface area contributed by atoms with Gasteiger partial charge >= 0.3 is 0 Å². The number of amides is 1. The third kappa shape index (κ3) is 3.55. The molecule has 1 aromatic heterocycles. The van der Waals surface area contributed by atoms with Crippen LogP contribution in [0.4, 0.5) is 0 Å².